The summed E-state index contributed by atoms with van der Waals surface area (Å²) in [5.41, 5.74) is -0.0448. The van der Waals surface area contributed by atoms with E-state index in [1.54, 1.807) is 0 Å². The number of hydrogen-bond acceptors (Lipinski definition) is 1. The molecular weight excluding hydrogens is 200 g/mol. The molecule has 0 bridgehead atoms. The van der Waals surface area contributed by atoms with Crippen molar-refractivity contribution in [2.45, 2.75) is 26.7 Å². The van der Waals surface area contributed by atoms with Gasteiger partial charge >= 0.3 is 0 Å². The highest BCUT2D eigenvalue weighted by molar-refractivity contribution is 5.90. The van der Waals surface area contributed by atoms with Crippen molar-refractivity contribution in [1.29, 1.82) is 0 Å². The molecule has 0 saturated carbocycles. The number of hydrogen-bond donors (Lipinski definition) is 1. The number of rotatable bonds is 3. The molecule has 0 saturated heterocycles. The van der Waals surface area contributed by atoms with Gasteiger partial charge in [0.2, 0.25) is 5.91 Å². The van der Waals surface area contributed by atoms with Crippen molar-refractivity contribution in [2.75, 3.05) is 5.32 Å². The predicted molar refractivity (Wildman–Crippen MR) is 54.6 cm³/mol. The van der Waals surface area contributed by atoms with Crippen molar-refractivity contribution in [3.05, 3.63) is 29.3 Å². The number of halogens is 2. The summed E-state index contributed by atoms with van der Waals surface area (Å²) in [5.74, 6) is -1.58. The van der Waals surface area contributed by atoms with Gasteiger partial charge in [-0.3, -0.25) is 4.79 Å². The normalized spacial score (nSPS) is 10.1. The minimum Gasteiger partial charge on any atom is -0.324 e. The lowest BCUT2D eigenvalue weighted by Gasteiger charge is -2.07. The molecule has 0 spiro atoms. The maximum Gasteiger partial charge on any atom is 0.224 e. The van der Waals surface area contributed by atoms with E-state index in [2.05, 4.69) is 5.32 Å². The number of anilines is 1. The molecule has 0 aliphatic rings. The van der Waals surface area contributed by atoms with E-state index in [-0.39, 0.29) is 17.2 Å². The third-order valence-corrected chi connectivity index (χ3v) is 2.07. The third kappa shape index (κ3) is 2.75. The van der Waals surface area contributed by atoms with Gasteiger partial charge in [-0.15, -0.1) is 0 Å². The van der Waals surface area contributed by atoms with Gasteiger partial charge in [0.05, 0.1) is 5.69 Å². The van der Waals surface area contributed by atoms with Crippen molar-refractivity contribution >= 4 is 11.6 Å². The highest BCUT2D eigenvalue weighted by atomic mass is 19.1. The lowest BCUT2D eigenvalue weighted by Crippen LogP contribution is -2.12. The Balaban J connectivity index is 2.87. The molecule has 1 N–H and O–H groups in total. The van der Waals surface area contributed by atoms with Crippen LogP contribution in [0.1, 0.15) is 25.3 Å². The van der Waals surface area contributed by atoms with Gasteiger partial charge in [-0.05, 0) is 25.5 Å². The molecule has 0 fully saturated rings. The molecule has 15 heavy (non-hydrogen) atoms. The second kappa shape index (κ2) is 4.87. The van der Waals surface area contributed by atoms with Gasteiger partial charge in [0.15, 0.2) is 5.82 Å². The molecule has 0 aliphatic heterocycles. The molecule has 0 aliphatic carbocycles. The summed E-state index contributed by atoms with van der Waals surface area (Å²) in [6.07, 6.45) is 1.02. The average molecular weight is 213 g/mol. The molecule has 1 rings (SSSR count). The van der Waals surface area contributed by atoms with Crippen LogP contribution < -0.4 is 5.32 Å². The lowest BCUT2D eigenvalue weighted by atomic mass is 10.2. The fourth-order valence-corrected chi connectivity index (χ4v) is 1.20. The first kappa shape index (κ1) is 11.6. The average Bonchev–Trinajstić information content (AvgIpc) is 2.20. The van der Waals surface area contributed by atoms with Gasteiger partial charge in [-0.2, -0.15) is 0 Å². The summed E-state index contributed by atoms with van der Waals surface area (Å²) in [7, 11) is 0. The summed E-state index contributed by atoms with van der Waals surface area (Å²) in [6, 6.07) is 2.37. The fraction of sp³-hybridized carbons (Fsp3) is 0.364. The van der Waals surface area contributed by atoms with Crippen LogP contribution in [-0.2, 0) is 4.79 Å². The van der Waals surface area contributed by atoms with Crippen LogP contribution in [-0.4, -0.2) is 5.91 Å². The number of amides is 1. The van der Waals surface area contributed by atoms with Crippen LogP contribution in [0.2, 0.25) is 0 Å². The molecule has 0 radical (unpaired) electrons. The molecule has 1 aromatic rings. The van der Waals surface area contributed by atoms with Crippen LogP contribution in [0.3, 0.4) is 0 Å². The quantitative estimate of drug-likeness (QED) is 0.821. The second-order valence-electron chi connectivity index (χ2n) is 3.33. The zero-order valence-electron chi connectivity index (χ0n) is 8.73. The van der Waals surface area contributed by atoms with E-state index < -0.39 is 11.6 Å². The summed E-state index contributed by atoms with van der Waals surface area (Å²) in [6.45, 7) is 3.19. The summed E-state index contributed by atoms with van der Waals surface area (Å²) in [5, 5.41) is 2.40. The van der Waals surface area contributed by atoms with Gasteiger partial charge in [0.25, 0.3) is 0 Å². The van der Waals surface area contributed by atoms with E-state index in [9.17, 15) is 13.6 Å². The topological polar surface area (TPSA) is 29.1 Å². The Morgan fingerprint density at radius 3 is 2.67 bits per heavy atom. The summed E-state index contributed by atoms with van der Waals surface area (Å²) in [4.78, 5) is 11.2. The summed E-state index contributed by atoms with van der Waals surface area (Å²) < 4.78 is 26.3. The van der Waals surface area contributed by atoms with E-state index in [0.29, 0.717) is 12.8 Å². The second-order valence-corrected chi connectivity index (χ2v) is 3.33. The van der Waals surface area contributed by atoms with Crippen LogP contribution >= 0.6 is 0 Å². The molecular formula is C11H13F2NO. The number of nitrogens with one attached hydrogen (secondary N) is 1. The van der Waals surface area contributed by atoms with Crippen LogP contribution in [0.15, 0.2) is 12.1 Å². The van der Waals surface area contributed by atoms with E-state index in [1.165, 1.54) is 13.0 Å². The molecule has 2 nitrogen and oxygen atoms in total. The molecule has 1 aromatic carbocycles. The van der Waals surface area contributed by atoms with Gasteiger partial charge in [0, 0.05) is 12.0 Å². The molecule has 82 valence electrons. The smallest absolute Gasteiger partial charge is 0.224 e. The fourth-order valence-electron chi connectivity index (χ4n) is 1.20. The van der Waals surface area contributed by atoms with Crippen molar-refractivity contribution < 1.29 is 13.6 Å². The van der Waals surface area contributed by atoms with E-state index in [1.807, 2.05) is 6.92 Å². The van der Waals surface area contributed by atoms with Crippen molar-refractivity contribution in [1.82, 2.24) is 0 Å². The number of carbonyl (C=O) groups excluding carboxylic acids is 1. The number of carbonyl (C=O) groups is 1. The van der Waals surface area contributed by atoms with Crippen molar-refractivity contribution in [3.8, 4) is 0 Å². The Kier molecular flexibility index (Phi) is 3.77. The minimum atomic E-state index is -0.709. The molecule has 4 heteroatoms. The molecule has 1 amide bonds. The molecule has 0 atom stereocenters. The highest BCUT2D eigenvalue weighted by Crippen LogP contribution is 2.20. The number of benzene rings is 1. The maximum atomic E-state index is 13.4. The standard InChI is InChI=1S/C11H13F2NO/c1-3-4-10(15)14-9-6-5-8(12)7(2)11(9)13/h5-6H,3-4H2,1-2H3,(H,14,15). The Labute approximate surface area is 87.3 Å². The van der Waals surface area contributed by atoms with Crippen molar-refractivity contribution in [2.24, 2.45) is 0 Å². The first-order valence-electron chi connectivity index (χ1n) is 4.80. The zero-order valence-corrected chi connectivity index (χ0v) is 8.73. The Morgan fingerprint density at radius 2 is 2.07 bits per heavy atom. The Morgan fingerprint density at radius 1 is 1.40 bits per heavy atom. The lowest BCUT2D eigenvalue weighted by molar-refractivity contribution is -0.116. The SMILES string of the molecule is CCCC(=O)Nc1ccc(F)c(C)c1F. The Hall–Kier alpha value is -1.45. The predicted octanol–water partition coefficient (Wildman–Crippen LogP) is 3.01. The van der Waals surface area contributed by atoms with Crippen LogP contribution in [0.4, 0.5) is 14.5 Å². The van der Waals surface area contributed by atoms with E-state index in [4.69, 9.17) is 0 Å². The third-order valence-electron chi connectivity index (χ3n) is 2.07. The zero-order chi connectivity index (χ0) is 11.4. The van der Waals surface area contributed by atoms with E-state index in [0.717, 1.165) is 6.07 Å². The summed E-state index contributed by atoms with van der Waals surface area (Å²) >= 11 is 0. The monoisotopic (exact) mass is 213 g/mol. The first-order chi connectivity index (χ1) is 7.06. The van der Waals surface area contributed by atoms with Crippen LogP contribution in [0, 0.1) is 18.6 Å². The van der Waals surface area contributed by atoms with Crippen LogP contribution in [0.5, 0.6) is 0 Å². The largest absolute Gasteiger partial charge is 0.324 e. The molecule has 0 unspecified atom stereocenters. The molecule has 0 aromatic heterocycles. The van der Waals surface area contributed by atoms with Gasteiger partial charge in [-0.25, -0.2) is 8.78 Å². The van der Waals surface area contributed by atoms with Crippen molar-refractivity contribution in [3.63, 3.8) is 0 Å². The van der Waals surface area contributed by atoms with Gasteiger partial charge in [-0.1, -0.05) is 6.92 Å². The first-order valence-corrected chi connectivity index (χ1v) is 4.80. The van der Waals surface area contributed by atoms with Gasteiger partial charge in [0.1, 0.15) is 5.82 Å². The minimum absolute atomic E-state index is 0.0346. The molecule has 0 heterocycles. The Bertz CT molecular complexity index is 377. The van der Waals surface area contributed by atoms with Crippen LogP contribution in [0.25, 0.3) is 0 Å². The van der Waals surface area contributed by atoms with Gasteiger partial charge < -0.3 is 5.32 Å². The van der Waals surface area contributed by atoms with E-state index >= 15 is 0 Å². The highest BCUT2D eigenvalue weighted by Gasteiger charge is 2.11. The maximum absolute atomic E-state index is 13.4.